The smallest absolute Gasteiger partial charge is 0.251 e. The van der Waals surface area contributed by atoms with Crippen LogP contribution in [0.2, 0.25) is 0 Å². The molecule has 0 aliphatic carbocycles. The Morgan fingerprint density at radius 1 is 1.35 bits per heavy atom. The standard InChI is InChI=1S/C18H21N3O4S/c1-24-12-5-6-15(25-2)13(10-12)14-4-3-9-21(14)17(23)11-26-18-19-8-7-16(22)20-18/h5-8,10,14H,3-4,9,11H2,1-2H3,(H,19,20,22)/t14-/m1/s1. The summed E-state index contributed by atoms with van der Waals surface area (Å²) in [5.74, 6) is 1.71. The van der Waals surface area contributed by atoms with Crippen LogP contribution in [0.25, 0.3) is 0 Å². The predicted molar refractivity (Wildman–Crippen MR) is 98.8 cm³/mol. The number of aromatic amines is 1. The van der Waals surface area contributed by atoms with Crippen LogP contribution in [-0.4, -0.2) is 47.3 Å². The molecule has 1 atom stereocenters. The van der Waals surface area contributed by atoms with Crippen LogP contribution in [0, 0.1) is 0 Å². The fraction of sp³-hybridized carbons (Fsp3) is 0.389. The number of rotatable bonds is 6. The van der Waals surface area contributed by atoms with Crippen molar-refractivity contribution in [2.45, 2.75) is 24.0 Å². The van der Waals surface area contributed by atoms with Crippen LogP contribution in [0.5, 0.6) is 11.5 Å². The molecule has 1 aliphatic heterocycles. The summed E-state index contributed by atoms with van der Waals surface area (Å²) in [5, 5.41) is 0.445. The number of hydrogen-bond donors (Lipinski definition) is 1. The molecule has 7 nitrogen and oxygen atoms in total. The summed E-state index contributed by atoms with van der Waals surface area (Å²) < 4.78 is 10.8. The number of benzene rings is 1. The number of nitrogens with one attached hydrogen (secondary N) is 1. The molecule has 0 bridgehead atoms. The number of carbonyl (C=O) groups excluding carboxylic acids is 1. The Morgan fingerprint density at radius 3 is 2.92 bits per heavy atom. The topological polar surface area (TPSA) is 84.5 Å². The molecule has 1 fully saturated rings. The average Bonchev–Trinajstić information content (AvgIpc) is 3.15. The number of nitrogens with zero attached hydrogens (tertiary/aromatic N) is 2. The molecular weight excluding hydrogens is 354 g/mol. The van der Waals surface area contributed by atoms with E-state index >= 15 is 0 Å². The van der Waals surface area contributed by atoms with Gasteiger partial charge in [0.2, 0.25) is 5.91 Å². The van der Waals surface area contributed by atoms with E-state index in [1.165, 1.54) is 24.0 Å². The molecule has 2 heterocycles. The molecule has 0 saturated carbocycles. The third-order valence-corrected chi connectivity index (χ3v) is 5.22. The predicted octanol–water partition coefficient (Wildman–Crippen LogP) is 2.24. The molecular formula is C18H21N3O4S. The Balaban J connectivity index is 1.75. The van der Waals surface area contributed by atoms with Gasteiger partial charge in [-0.25, -0.2) is 4.98 Å². The van der Waals surface area contributed by atoms with Gasteiger partial charge in [0, 0.05) is 24.4 Å². The molecule has 1 saturated heterocycles. The number of methoxy groups -OCH3 is 2. The van der Waals surface area contributed by atoms with Crippen molar-refractivity contribution in [2.75, 3.05) is 26.5 Å². The van der Waals surface area contributed by atoms with Crippen molar-refractivity contribution >= 4 is 17.7 Å². The second kappa shape index (κ2) is 8.27. The van der Waals surface area contributed by atoms with Gasteiger partial charge in [-0.3, -0.25) is 9.59 Å². The van der Waals surface area contributed by atoms with Crippen LogP contribution in [0.3, 0.4) is 0 Å². The quantitative estimate of drug-likeness (QED) is 0.616. The SMILES string of the molecule is COc1ccc(OC)c([C@H]2CCCN2C(=O)CSc2nccc(=O)[nH]2)c1. The van der Waals surface area contributed by atoms with E-state index in [9.17, 15) is 9.59 Å². The van der Waals surface area contributed by atoms with Gasteiger partial charge in [-0.2, -0.15) is 0 Å². The van der Waals surface area contributed by atoms with E-state index in [0.717, 1.165) is 29.9 Å². The first-order valence-electron chi connectivity index (χ1n) is 8.32. The largest absolute Gasteiger partial charge is 0.497 e. The molecule has 3 rings (SSSR count). The molecule has 2 aromatic rings. The number of carbonyl (C=O) groups is 1. The fourth-order valence-corrected chi connectivity index (χ4v) is 3.86. The Labute approximate surface area is 155 Å². The van der Waals surface area contributed by atoms with E-state index in [0.29, 0.717) is 11.7 Å². The average molecular weight is 375 g/mol. The lowest BCUT2D eigenvalue weighted by Gasteiger charge is -2.26. The van der Waals surface area contributed by atoms with Crippen LogP contribution in [0.1, 0.15) is 24.4 Å². The lowest BCUT2D eigenvalue weighted by molar-refractivity contribution is -0.129. The van der Waals surface area contributed by atoms with Crippen LogP contribution in [0.15, 0.2) is 40.4 Å². The first-order chi connectivity index (χ1) is 12.6. The lowest BCUT2D eigenvalue weighted by atomic mass is 10.0. The molecule has 138 valence electrons. The van der Waals surface area contributed by atoms with Gasteiger partial charge in [0.05, 0.1) is 26.0 Å². The molecule has 1 N–H and O–H groups in total. The third kappa shape index (κ3) is 4.01. The molecule has 1 amide bonds. The van der Waals surface area contributed by atoms with E-state index in [2.05, 4.69) is 9.97 Å². The van der Waals surface area contributed by atoms with Gasteiger partial charge in [0.15, 0.2) is 5.16 Å². The van der Waals surface area contributed by atoms with E-state index in [4.69, 9.17) is 9.47 Å². The maximum atomic E-state index is 12.8. The second-order valence-electron chi connectivity index (χ2n) is 5.88. The summed E-state index contributed by atoms with van der Waals surface area (Å²) in [4.78, 5) is 32.6. The van der Waals surface area contributed by atoms with Crippen molar-refractivity contribution in [1.29, 1.82) is 0 Å². The number of thioether (sulfide) groups is 1. The fourth-order valence-electron chi connectivity index (χ4n) is 3.13. The minimum Gasteiger partial charge on any atom is -0.497 e. The third-order valence-electron chi connectivity index (χ3n) is 4.35. The van der Waals surface area contributed by atoms with Crippen LogP contribution >= 0.6 is 11.8 Å². The van der Waals surface area contributed by atoms with E-state index in [-0.39, 0.29) is 23.3 Å². The molecule has 1 aliphatic rings. The first kappa shape index (κ1) is 18.3. The second-order valence-corrected chi connectivity index (χ2v) is 6.85. The zero-order valence-corrected chi connectivity index (χ0v) is 15.5. The lowest BCUT2D eigenvalue weighted by Crippen LogP contribution is -2.32. The number of aromatic nitrogens is 2. The molecule has 0 radical (unpaired) electrons. The highest BCUT2D eigenvalue weighted by Gasteiger charge is 2.32. The Kier molecular flexibility index (Phi) is 5.82. The van der Waals surface area contributed by atoms with Crippen molar-refractivity contribution in [3.05, 3.63) is 46.4 Å². The minimum absolute atomic E-state index is 0.00822. The zero-order chi connectivity index (χ0) is 18.5. The van der Waals surface area contributed by atoms with Gasteiger partial charge in [0.25, 0.3) is 5.56 Å². The Morgan fingerprint density at radius 2 is 2.19 bits per heavy atom. The van der Waals surface area contributed by atoms with Crippen molar-refractivity contribution in [3.8, 4) is 11.5 Å². The highest BCUT2D eigenvalue weighted by atomic mass is 32.2. The summed E-state index contributed by atoms with van der Waals surface area (Å²) in [6.45, 7) is 0.698. The van der Waals surface area contributed by atoms with Crippen molar-refractivity contribution < 1.29 is 14.3 Å². The molecule has 0 spiro atoms. The highest BCUT2D eigenvalue weighted by Crippen LogP contribution is 2.39. The normalized spacial score (nSPS) is 16.5. The Bertz CT molecular complexity index is 839. The van der Waals surface area contributed by atoms with E-state index in [1.807, 2.05) is 23.1 Å². The molecule has 1 aromatic carbocycles. The van der Waals surface area contributed by atoms with Gasteiger partial charge in [-0.05, 0) is 31.0 Å². The van der Waals surface area contributed by atoms with Crippen LogP contribution in [0.4, 0.5) is 0 Å². The monoisotopic (exact) mass is 375 g/mol. The van der Waals surface area contributed by atoms with Gasteiger partial charge in [-0.15, -0.1) is 0 Å². The van der Waals surface area contributed by atoms with Crippen LogP contribution < -0.4 is 15.0 Å². The van der Waals surface area contributed by atoms with E-state index in [1.54, 1.807) is 14.2 Å². The maximum absolute atomic E-state index is 12.8. The molecule has 26 heavy (non-hydrogen) atoms. The Hall–Kier alpha value is -2.48. The number of ether oxygens (including phenoxy) is 2. The van der Waals surface area contributed by atoms with Gasteiger partial charge < -0.3 is 19.4 Å². The van der Waals surface area contributed by atoms with Crippen molar-refractivity contribution in [3.63, 3.8) is 0 Å². The number of H-pyrrole nitrogens is 1. The van der Waals surface area contributed by atoms with Crippen molar-refractivity contribution in [2.24, 2.45) is 0 Å². The summed E-state index contributed by atoms with van der Waals surface area (Å²) in [7, 11) is 3.24. The summed E-state index contributed by atoms with van der Waals surface area (Å²) in [5.41, 5.74) is 0.726. The van der Waals surface area contributed by atoms with Gasteiger partial charge in [-0.1, -0.05) is 11.8 Å². The van der Waals surface area contributed by atoms with E-state index < -0.39 is 0 Å². The minimum atomic E-state index is -0.227. The zero-order valence-electron chi connectivity index (χ0n) is 14.7. The number of hydrogen-bond acceptors (Lipinski definition) is 6. The molecule has 8 heteroatoms. The summed E-state index contributed by atoms with van der Waals surface area (Å²) in [6.07, 6.45) is 3.24. The number of amides is 1. The highest BCUT2D eigenvalue weighted by molar-refractivity contribution is 7.99. The van der Waals surface area contributed by atoms with Gasteiger partial charge >= 0.3 is 0 Å². The maximum Gasteiger partial charge on any atom is 0.251 e. The van der Waals surface area contributed by atoms with Crippen molar-refractivity contribution in [1.82, 2.24) is 14.9 Å². The molecule has 0 unspecified atom stereocenters. The summed E-state index contributed by atoms with van der Waals surface area (Å²) in [6, 6.07) is 6.94. The molecule has 1 aromatic heterocycles. The summed E-state index contributed by atoms with van der Waals surface area (Å²) >= 11 is 1.23. The first-order valence-corrected chi connectivity index (χ1v) is 9.30. The van der Waals surface area contributed by atoms with Crippen LogP contribution in [-0.2, 0) is 4.79 Å². The van der Waals surface area contributed by atoms with Gasteiger partial charge in [0.1, 0.15) is 11.5 Å². The number of likely N-dealkylation sites (tertiary alicyclic amines) is 1.